The first-order valence-electron chi connectivity index (χ1n) is 28.0. The van der Waals surface area contributed by atoms with Gasteiger partial charge >= 0.3 is 0 Å². The molecule has 16 nitrogen and oxygen atoms in total. The van der Waals surface area contributed by atoms with Gasteiger partial charge in [0.2, 0.25) is 19.7 Å². The molecule has 0 saturated carbocycles. The first-order chi connectivity index (χ1) is 40.7. The van der Waals surface area contributed by atoms with E-state index in [9.17, 15) is 57.7 Å². The van der Waals surface area contributed by atoms with E-state index in [2.05, 4.69) is 0 Å². The average molecular weight is 1210 g/mol. The Labute approximate surface area is 502 Å². The summed E-state index contributed by atoms with van der Waals surface area (Å²) in [5.41, 5.74) is 4.61. The second-order valence-corrected chi connectivity index (χ2v) is 26.5. The van der Waals surface area contributed by atoms with E-state index in [0.717, 1.165) is 27.8 Å². The van der Waals surface area contributed by atoms with E-state index in [-0.39, 0.29) is 43.9 Å². The number of sulfone groups is 2. The van der Waals surface area contributed by atoms with Gasteiger partial charge in [-0.15, -0.1) is 0 Å². The predicted octanol–water partition coefficient (Wildman–Crippen LogP) is 10.3. The highest BCUT2D eigenvalue weighted by Crippen LogP contribution is 2.42. The summed E-state index contributed by atoms with van der Waals surface area (Å²) >= 11 is 0. The maximum absolute atomic E-state index is 14.0. The van der Waals surface area contributed by atoms with Crippen molar-refractivity contribution in [3.05, 3.63) is 220 Å². The van der Waals surface area contributed by atoms with E-state index >= 15 is 0 Å². The van der Waals surface area contributed by atoms with Crippen LogP contribution in [0.1, 0.15) is 104 Å². The van der Waals surface area contributed by atoms with E-state index in [1.54, 1.807) is 36.4 Å². The molecule has 0 aliphatic heterocycles. The molecule has 6 atom stereocenters. The number of benzene rings is 8. The van der Waals surface area contributed by atoms with Crippen LogP contribution in [0.2, 0.25) is 0 Å². The zero-order chi connectivity index (χ0) is 62.5. The minimum Gasteiger partial charge on any atom is -0.497 e. The molecule has 0 amide bonds. The van der Waals surface area contributed by atoms with E-state index in [1.807, 2.05) is 83.1 Å². The molecular formula is C68H74O16S2. The van der Waals surface area contributed by atoms with Crippen molar-refractivity contribution in [2.75, 3.05) is 20.3 Å². The summed E-state index contributed by atoms with van der Waals surface area (Å²) in [7, 11) is -6.42. The third-order valence-electron chi connectivity index (χ3n) is 15.6. The fraction of sp³-hybridized carbons (Fsp3) is 0.294. The Hall–Kier alpha value is -7.46. The summed E-state index contributed by atoms with van der Waals surface area (Å²) in [5, 5.41) is 83.8. The number of hydrogen-bond donors (Lipinski definition) is 8. The number of hydrogen-bond acceptors (Lipinski definition) is 16. The summed E-state index contributed by atoms with van der Waals surface area (Å²) < 4.78 is 78.8. The highest BCUT2D eigenvalue weighted by molar-refractivity contribution is 7.91. The van der Waals surface area contributed by atoms with Gasteiger partial charge in [0.25, 0.3) is 0 Å². The van der Waals surface area contributed by atoms with Gasteiger partial charge in [-0.1, -0.05) is 76.2 Å². The third-order valence-corrected chi connectivity index (χ3v) is 19.2. The van der Waals surface area contributed by atoms with Crippen molar-refractivity contribution >= 4 is 19.7 Å². The fourth-order valence-electron chi connectivity index (χ4n) is 10.0. The number of aliphatic hydroxyl groups excluding tert-OH is 8. The molecule has 0 bridgehead atoms. The van der Waals surface area contributed by atoms with Crippen LogP contribution in [0.4, 0.5) is 0 Å². The SMILES string of the molecule is COc1ccc(S(=O)(=O)c2ccc(Oc3ccc(C(C)(C)c4ccc(Oc5ccc(S(=O)(=O)c6ccc(Oc7ccc(C(C)(C)c8ccc(C)c(C(O)C(C)O)c8)cc7C(O)C(C)O)cc6)cc5)c(CC(O)CO)c4)cc3CC(O)CO)cc2)cc1. The van der Waals surface area contributed by atoms with E-state index in [0.29, 0.717) is 51.0 Å². The smallest absolute Gasteiger partial charge is 0.206 e. The van der Waals surface area contributed by atoms with Gasteiger partial charge in [0.1, 0.15) is 52.5 Å². The van der Waals surface area contributed by atoms with E-state index < -0.39 is 80.3 Å². The monoisotopic (exact) mass is 1210 g/mol. The fourth-order valence-corrected chi connectivity index (χ4v) is 12.5. The largest absolute Gasteiger partial charge is 0.497 e. The first-order valence-corrected chi connectivity index (χ1v) is 30.9. The van der Waals surface area contributed by atoms with Gasteiger partial charge in [0.05, 0.1) is 64.3 Å². The summed E-state index contributed by atoms with van der Waals surface area (Å²) in [4.78, 5) is 0.110. The minimum absolute atomic E-state index is 0.00214. The van der Waals surface area contributed by atoms with E-state index in [1.165, 1.54) is 106 Å². The summed E-state index contributed by atoms with van der Waals surface area (Å²) in [6.07, 6.45) is -6.84. The van der Waals surface area contributed by atoms with Gasteiger partial charge < -0.3 is 59.8 Å². The number of rotatable bonds is 25. The minimum atomic E-state index is -4.07. The van der Waals surface area contributed by atoms with Gasteiger partial charge in [0, 0.05) is 29.2 Å². The molecule has 6 unspecified atom stereocenters. The molecule has 454 valence electrons. The molecule has 18 heteroatoms. The zero-order valence-electron chi connectivity index (χ0n) is 49.1. The highest BCUT2D eigenvalue weighted by atomic mass is 32.2. The molecule has 8 aromatic carbocycles. The number of ether oxygens (including phenoxy) is 4. The quantitative estimate of drug-likeness (QED) is 0.0264. The predicted molar refractivity (Wildman–Crippen MR) is 325 cm³/mol. The summed E-state index contributed by atoms with van der Waals surface area (Å²) in [6.45, 7) is 11.7. The van der Waals surface area contributed by atoms with Crippen molar-refractivity contribution in [1.29, 1.82) is 0 Å². The molecule has 8 N–H and O–H groups in total. The topological polar surface area (TPSA) is 267 Å². The Morgan fingerprint density at radius 1 is 0.407 bits per heavy atom. The maximum atomic E-state index is 14.0. The zero-order valence-corrected chi connectivity index (χ0v) is 50.8. The molecule has 0 aliphatic rings. The highest BCUT2D eigenvalue weighted by Gasteiger charge is 2.31. The molecule has 0 aliphatic carbocycles. The molecule has 0 fully saturated rings. The molecule has 0 heterocycles. The van der Waals surface area contributed by atoms with Crippen molar-refractivity contribution in [1.82, 2.24) is 0 Å². The van der Waals surface area contributed by atoms with Gasteiger partial charge in [-0.2, -0.15) is 0 Å². The van der Waals surface area contributed by atoms with E-state index in [4.69, 9.17) is 18.9 Å². The van der Waals surface area contributed by atoms with Gasteiger partial charge in [-0.25, -0.2) is 16.8 Å². The Kier molecular flexibility index (Phi) is 20.0. The van der Waals surface area contributed by atoms with Crippen LogP contribution in [0, 0.1) is 6.92 Å². The van der Waals surface area contributed by atoms with Crippen molar-refractivity contribution < 1.29 is 76.6 Å². The molecule has 8 rings (SSSR count). The van der Waals surface area contributed by atoms with Crippen LogP contribution in [0.3, 0.4) is 0 Å². The van der Waals surface area contributed by atoms with Crippen molar-refractivity contribution in [2.24, 2.45) is 0 Å². The lowest BCUT2D eigenvalue weighted by Gasteiger charge is -2.30. The number of aliphatic hydroxyl groups is 8. The van der Waals surface area contributed by atoms with Crippen LogP contribution in [-0.2, 0) is 43.3 Å². The van der Waals surface area contributed by atoms with Crippen molar-refractivity contribution in [3.63, 3.8) is 0 Å². The Balaban J connectivity index is 0.984. The van der Waals surface area contributed by atoms with Gasteiger partial charge in [0.15, 0.2) is 0 Å². The van der Waals surface area contributed by atoms with Crippen LogP contribution in [0.25, 0.3) is 0 Å². The van der Waals surface area contributed by atoms with Crippen LogP contribution in [-0.4, -0.2) is 102 Å². The molecule has 0 spiro atoms. The molecule has 0 radical (unpaired) electrons. The summed E-state index contributed by atoms with van der Waals surface area (Å²) in [6, 6.07) is 45.5. The average Bonchev–Trinajstić information content (AvgIpc) is 1.46. The molecule has 0 saturated heterocycles. The van der Waals surface area contributed by atoms with Crippen molar-refractivity contribution in [2.45, 2.75) is 128 Å². The lowest BCUT2D eigenvalue weighted by atomic mass is 9.76. The summed E-state index contributed by atoms with van der Waals surface area (Å²) in [5.74, 6) is 2.37. The number of aryl methyl sites for hydroxylation is 1. The molecule has 0 aromatic heterocycles. The maximum Gasteiger partial charge on any atom is 0.206 e. The van der Waals surface area contributed by atoms with Crippen LogP contribution >= 0.6 is 0 Å². The molecule has 8 aromatic rings. The van der Waals surface area contributed by atoms with Crippen LogP contribution < -0.4 is 18.9 Å². The third kappa shape index (κ3) is 14.3. The second kappa shape index (κ2) is 26.7. The Bertz CT molecular complexity index is 3860. The molecular weight excluding hydrogens is 1140 g/mol. The Morgan fingerprint density at radius 3 is 1.06 bits per heavy atom. The van der Waals surface area contributed by atoms with Crippen LogP contribution in [0.15, 0.2) is 189 Å². The normalized spacial score (nSPS) is 14.4. The second-order valence-electron chi connectivity index (χ2n) is 22.6. The number of methoxy groups -OCH3 is 1. The first kappa shape index (κ1) is 64.5. The van der Waals surface area contributed by atoms with Gasteiger partial charge in [-0.05, 0) is 187 Å². The molecule has 86 heavy (non-hydrogen) atoms. The lowest BCUT2D eigenvalue weighted by molar-refractivity contribution is 0.0292. The van der Waals surface area contributed by atoms with Gasteiger partial charge in [-0.3, -0.25) is 0 Å². The van der Waals surface area contributed by atoms with Crippen molar-refractivity contribution in [3.8, 4) is 40.2 Å². The lowest BCUT2D eigenvalue weighted by Crippen LogP contribution is -2.22. The van der Waals surface area contributed by atoms with Crippen LogP contribution in [0.5, 0.6) is 40.2 Å². The Morgan fingerprint density at radius 2 is 0.709 bits per heavy atom. The standard InChI is InChI=1S/C68H74O16S2/c1-41-9-10-48(37-60(41)65(75)42(2)71)68(6,7)49-13-32-64(61(38-49)66(76)43(3)72)84-55-20-28-59(29-21-55)86(79,80)58-26-18-54(19-27-58)83-63-31-12-47(34-45(63)36-51(74)40-70)67(4,5)46-11-30-62(44(33-46)35-50(73)39-69)82-53-16-24-57(25-17-53)85(77,78)56-22-14-52(81-8)15-23-56/h9-34,37-38,42-43,50-51,65-66,69-76H,35-36,39-40H2,1-8H3.